The molecule has 1 aromatic heterocycles. The van der Waals surface area contributed by atoms with Crippen molar-refractivity contribution in [2.45, 2.75) is 19.9 Å². The van der Waals surface area contributed by atoms with Gasteiger partial charge in [0.1, 0.15) is 11.5 Å². The smallest absolute Gasteiger partial charge is 0.338 e. The summed E-state index contributed by atoms with van der Waals surface area (Å²) in [7, 11) is 3.30. The number of nitrogens with zero attached hydrogens (tertiary/aromatic N) is 1. The van der Waals surface area contributed by atoms with Crippen molar-refractivity contribution in [2.75, 3.05) is 20.8 Å². The zero-order valence-corrected chi connectivity index (χ0v) is 15.3. The summed E-state index contributed by atoms with van der Waals surface area (Å²) in [6.45, 7) is 3.10. The van der Waals surface area contributed by atoms with Gasteiger partial charge in [-0.25, -0.2) is 4.79 Å². The Morgan fingerprint density at radius 1 is 1.04 bits per heavy atom. The molecule has 0 amide bonds. The molecule has 5 nitrogen and oxygen atoms in total. The van der Waals surface area contributed by atoms with E-state index < -0.39 is 0 Å². The first-order chi connectivity index (χ1) is 12.7. The average molecular weight is 353 g/mol. The van der Waals surface area contributed by atoms with E-state index in [4.69, 9.17) is 14.2 Å². The number of esters is 1. The van der Waals surface area contributed by atoms with Gasteiger partial charge in [0, 0.05) is 30.3 Å². The van der Waals surface area contributed by atoms with Crippen LogP contribution in [-0.4, -0.2) is 31.4 Å². The fourth-order valence-electron chi connectivity index (χ4n) is 2.88. The van der Waals surface area contributed by atoms with E-state index >= 15 is 0 Å². The molecular formula is C21H23NO4. The predicted octanol–water partition coefficient (Wildman–Crippen LogP) is 4.27. The van der Waals surface area contributed by atoms with Crippen LogP contribution in [0.25, 0.3) is 10.9 Å². The van der Waals surface area contributed by atoms with E-state index in [-0.39, 0.29) is 5.97 Å². The van der Waals surface area contributed by atoms with Crippen molar-refractivity contribution < 1.29 is 19.0 Å². The van der Waals surface area contributed by atoms with Gasteiger partial charge < -0.3 is 18.8 Å². The minimum Gasteiger partial charge on any atom is -0.497 e. The van der Waals surface area contributed by atoms with Crippen LogP contribution in [0.4, 0.5) is 0 Å². The molecular weight excluding hydrogens is 330 g/mol. The molecule has 0 atom stereocenters. The SMILES string of the molecule is CCCOC(=O)c1ccc(Cn2ccc3c(OC)cc(OC)cc32)cc1. The summed E-state index contributed by atoms with van der Waals surface area (Å²) in [5.41, 5.74) is 2.70. The van der Waals surface area contributed by atoms with Crippen LogP contribution < -0.4 is 9.47 Å². The largest absolute Gasteiger partial charge is 0.497 e. The highest BCUT2D eigenvalue weighted by Gasteiger charge is 2.11. The Morgan fingerprint density at radius 2 is 1.81 bits per heavy atom. The van der Waals surface area contributed by atoms with E-state index in [2.05, 4.69) is 4.57 Å². The topological polar surface area (TPSA) is 49.7 Å². The van der Waals surface area contributed by atoms with Gasteiger partial charge in [-0.15, -0.1) is 0 Å². The van der Waals surface area contributed by atoms with Gasteiger partial charge >= 0.3 is 5.97 Å². The monoisotopic (exact) mass is 353 g/mol. The van der Waals surface area contributed by atoms with Crippen molar-refractivity contribution in [3.8, 4) is 11.5 Å². The van der Waals surface area contributed by atoms with Crippen LogP contribution in [0, 0.1) is 0 Å². The normalized spacial score (nSPS) is 10.7. The van der Waals surface area contributed by atoms with E-state index in [9.17, 15) is 4.79 Å². The molecule has 0 aliphatic carbocycles. The summed E-state index contributed by atoms with van der Waals surface area (Å²) in [6.07, 6.45) is 2.84. The van der Waals surface area contributed by atoms with Crippen molar-refractivity contribution in [3.05, 3.63) is 59.8 Å². The summed E-state index contributed by atoms with van der Waals surface area (Å²) < 4.78 is 18.1. The lowest BCUT2D eigenvalue weighted by Crippen LogP contribution is -2.06. The first kappa shape index (κ1) is 17.9. The first-order valence-corrected chi connectivity index (χ1v) is 8.63. The standard InChI is InChI=1S/C21H23NO4/c1-4-11-26-21(23)16-7-5-15(6-8-16)14-22-10-9-18-19(22)12-17(24-2)13-20(18)25-3/h5-10,12-13H,4,11,14H2,1-3H3. The van der Waals surface area contributed by atoms with E-state index in [0.717, 1.165) is 34.4 Å². The maximum atomic E-state index is 11.9. The second kappa shape index (κ2) is 7.95. The molecule has 26 heavy (non-hydrogen) atoms. The molecule has 0 N–H and O–H groups in total. The fourth-order valence-corrected chi connectivity index (χ4v) is 2.88. The first-order valence-electron chi connectivity index (χ1n) is 8.63. The lowest BCUT2D eigenvalue weighted by molar-refractivity contribution is 0.0505. The summed E-state index contributed by atoms with van der Waals surface area (Å²) in [6, 6.07) is 13.4. The molecule has 0 bridgehead atoms. The zero-order valence-electron chi connectivity index (χ0n) is 15.3. The lowest BCUT2D eigenvalue weighted by Gasteiger charge is -2.10. The maximum Gasteiger partial charge on any atom is 0.338 e. The summed E-state index contributed by atoms with van der Waals surface area (Å²) in [4.78, 5) is 11.9. The minimum absolute atomic E-state index is 0.278. The Morgan fingerprint density at radius 3 is 2.46 bits per heavy atom. The number of fused-ring (bicyclic) bond motifs is 1. The van der Waals surface area contributed by atoms with Crippen molar-refractivity contribution in [2.24, 2.45) is 0 Å². The average Bonchev–Trinajstić information content (AvgIpc) is 3.08. The van der Waals surface area contributed by atoms with Crippen LogP contribution in [0.5, 0.6) is 11.5 Å². The van der Waals surface area contributed by atoms with Crippen molar-refractivity contribution in [3.63, 3.8) is 0 Å². The van der Waals surface area contributed by atoms with Gasteiger partial charge in [0.05, 0.1) is 31.9 Å². The summed E-state index contributed by atoms with van der Waals surface area (Å²) in [5, 5.41) is 1.04. The Labute approximate surface area is 153 Å². The Balaban J connectivity index is 1.84. The van der Waals surface area contributed by atoms with E-state index in [1.165, 1.54) is 0 Å². The molecule has 0 spiro atoms. The quantitative estimate of drug-likeness (QED) is 0.595. The van der Waals surface area contributed by atoms with Crippen molar-refractivity contribution in [1.82, 2.24) is 4.57 Å². The van der Waals surface area contributed by atoms with Crippen LogP contribution in [0.2, 0.25) is 0 Å². The third-order valence-corrected chi connectivity index (χ3v) is 4.26. The molecule has 2 aromatic carbocycles. The van der Waals surface area contributed by atoms with Gasteiger partial charge in [0.15, 0.2) is 0 Å². The third-order valence-electron chi connectivity index (χ3n) is 4.26. The molecule has 3 rings (SSSR count). The van der Waals surface area contributed by atoms with E-state index in [1.807, 2.05) is 43.5 Å². The second-order valence-corrected chi connectivity index (χ2v) is 6.04. The number of carbonyl (C=O) groups is 1. The minimum atomic E-state index is -0.278. The number of methoxy groups -OCH3 is 2. The molecule has 5 heteroatoms. The highest BCUT2D eigenvalue weighted by molar-refractivity contribution is 5.89. The van der Waals surface area contributed by atoms with E-state index in [0.29, 0.717) is 18.7 Å². The number of carbonyl (C=O) groups excluding carboxylic acids is 1. The van der Waals surface area contributed by atoms with Crippen LogP contribution in [-0.2, 0) is 11.3 Å². The summed E-state index contributed by atoms with van der Waals surface area (Å²) >= 11 is 0. The number of aromatic nitrogens is 1. The zero-order chi connectivity index (χ0) is 18.5. The lowest BCUT2D eigenvalue weighted by atomic mass is 10.1. The van der Waals surface area contributed by atoms with Gasteiger partial charge in [-0.1, -0.05) is 19.1 Å². The molecule has 136 valence electrons. The van der Waals surface area contributed by atoms with Gasteiger partial charge in [0.2, 0.25) is 0 Å². The Bertz CT molecular complexity index is 896. The molecule has 0 aliphatic rings. The Hall–Kier alpha value is -2.95. The van der Waals surface area contributed by atoms with Crippen LogP contribution >= 0.6 is 0 Å². The van der Waals surface area contributed by atoms with Gasteiger partial charge in [0.25, 0.3) is 0 Å². The maximum absolute atomic E-state index is 11.9. The molecule has 3 aromatic rings. The van der Waals surface area contributed by atoms with Crippen LogP contribution in [0.1, 0.15) is 29.3 Å². The number of hydrogen-bond acceptors (Lipinski definition) is 4. The fraction of sp³-hybridized carbons (Fsp3) is 0.286. The van der Waals surface area contributed by atoms with Gasteiger partial charge in [-0.05, 0) is 30.2 Å². The van der Waals surface area contributed by atoms with Gasteiger partial charge in [-0.3, -0.25) is 0 Å². The third kappa shape index (κ3) is 3.67. The van der Waals surface area contributed by atoms with Crippen LogP contribution in [0.15, 0.2) is 48.7 Å². The highest BCUT2D eigenvalue weighted by atomic mass is 16.5. The molecule has 0 fully saturated rings. The van der Waals surface area contributed by atoms with E-state index in [1.54, 1.807) is 26.4 Å². The molecule has 0 saturated carbocycles. The van der Waals surface area contributed by atoms with Gasteiger partial charge in [-0.2, -0.15) is 0 Å². The highest BCUT2D eigenvalue weighted by Crippen LogP contribution is 2.32. The number of benzene rings is 2. The molecule has 0 aliphatic heterocycles. The van der Waals surface area contributed by atoms with Crippen molar-refractivity contribution >= 4 is 16.9 Å². The summed E-state index contributed by atoms with van der Waals surface area (Å²) in [5.74, 6) is 1.26. The molecule has 1 heterocycles. The number of hydrogen-bond donors (Lipinski definition) is 0. The predicted molar refractivity (Wildman–Crippen MR) is 101 cm³/mol. The van der Waals surface area contributed by atoms with Crippen molar-refractivity contribution in [1.29, 1.82) is 0 Å². The molecule has 0 unspecified atom stereocenters. The number of ether oxygens (including phenoxy) is 3. The second-order valence-electron chi connectivity index (χ2n) is 6.04. The molecule has 0 saturated heterocycles. The molecule has 0 radical (unpaired) electrons. The Kier molecular flexibility index (Phi) is 5.46. The number of rotatable bonds is 7. The van der Waals surface area contributed by atoms with Crippen LogP contribution in [0.3, 0.4) is 0 Å².